The van der Waals surface area contributed by atoms with Gasteiger partial charge in [0.25, 0.3) is 0 Å². The van der Waals surface area contributed by atoms with Gasteiger partial charge in [-0.25, -0.2) is 4.79 Å². The molecule has 2 heterocycles. The van der Waals surface area contributed by atoms with E-state index in [0.717, 1.165) is 12.1 Å². The van der Waals surface area contributed by atoms with Crippen molar-refractivity contribution in [3.8, 4) is 34.5 Å². The second-order valence-electron chi connectivity index (χ2n) is 9.86. The Morgan fingerprint density at radius 1 is 0.814 bits per heavy atom. The summed E-state index contributed by atoms with van der Waals surface area (Å²) >= 11 is 0. The number of phenolic OH excluding ortho intramolecular Hbond substituents is 5. The molecule has 0 saturated carbocycles. The SMILES string of the molecule is O=C(/C=C/c1ccc(O)c(O)c1)OC[C@@H]1O[C@@H](OC2=Cc3c(O)cc(O)cc3OC2c2ccc(O)cc2)[C@@H](O)[C@H](O)[C@@H]1O. The second-order valence-corrected chi connectivity index (χ2v) is 9.86. The largest absolute Gasteiger partial charge is 0.508 e. The van der Waals surface area contributed by atoms with Gasteiger partial charge in [-0.15, -0.1) is 0 Å². The quantitative estimate of drug-likeness (QED) is 0.111. The van der Waals surface area contributed by atoms with Crippen molar-refractivity contribution in [3.63, 3.8) is 0 Å². The smallest absolute Gasteiger partial charge is 0.330 e. The molecule has 1 unspecified atom stereocenters. The summed E-state index contributed by atoms with van der Waals surface area (Å²) in [6, 6.07) is 12.2. The molecule has 3 aromatic carbocycles. The minimum absolute atomic E-state index is 0.00245. The molecule has 3 aromatic rings. The number of aliphatic hydroxyl groups excluding tert-OH is 3. The highest BCUT2D eigenvalue weighted by Gasteiger charge is 2.46. The maximum absolute atomic E-state index is 12.3. The summed E-state index contributed by atoms with van der Waals surface area (Å²) in [5.74, 6) is -2.05. The van der Waals surface area contributed by atoms with Crippen molar-refractivity contribution in [3.05, 3.63) is 83.1 Å². The van der Waals surface area contributed by atoms with Crippen molar-refractivity contribution in [1.29, 1.82) is 0 Å². The predicted octanol–water partition coefficient (Wildman–Crippen LogP) is 1.77. The Labute approximate surface area is 244 Å². The van der Waals surface area contributed by atoms with Crippen LogP contribution in [0.15, 0.2) is 66.4 Å². The first-order valence-corrected chi connectivity index (χ1v) is 13.0. The van der Waals surface area contributed by atoms with Crippen LogP contribution < -0.4 is 4.74 Å². The fraction of sp³-hybridized carbons (Fsp3) is 0.233. The Morgan fingerprint density at radius 2 is 1.56 bits per heavy atom. The van der Waals surface area contributed by atoms with E-state index in [1.54, 1.807) is 0 Å². The lowest BCUT2D eigenvalue weighted by atomic mass is 9.98. The number of benzene rings is 3. The van der Waals surface area contributed by atoms with Crippen LogP contribution >= 0.6 is 0 Å². The number of hydrogen-bond donors (Lipinski definition) is 8. The summed E-state index contributed by atoms with van der Waals surface area (Å²) < 4.78 is 22.7. The van der Waals surface area contributed by atoms with Crippen LogP contribution in [0.3, 0.4) is 0 Å². The van der Waals surface area contributed by atoms with Gasteiger partial charge in [0.1, 0.15) is 59.8 Å². The van der Waals surface area contributed by atoms with E-state index in [-0.39, 0.29) is 45.8 Å². The van der Waals surface area contributed by atoms with Gasteiger partial charge < -0.3 is 59.8 Å². The predicted molar refractivity (Wildman–Crippen MR) is 147 cm³/mol. The molecular weight excluding hydrogens is 568 g/mol. The topological polar surface area (TPSA) is 216 Å². The lowest BCUT2D eigenvalue weighted by Gasteiger charge is -2.41. The molecule has 5 rings (SSSR count). The van der Waals surface area contributed by atoms with Crippen LogP contribution in [0.4, 0.5) is 0 Å². The number of esters is 1. The normalized spacial score (nSPS) is 25.0. The molecule has 0 spiro atoms. The molecule has 226 valence electrons. The monoisotopic (exact) mass is 596 g/mol. The number of ether oxygens (including phenoxy) is 4. The first-order chi connectivity index (χ1) is 20.5. The van der Waals surface area contributed by atoms with E-state index in [1.165, 1.54) is 60.7 Å². The fourth-order valence-electron chi connectivity index (χ4n) is 4.53. The van der Waals surface area contributed by atoms with Gasteiger partial charge in [-0.2, -0.15) is 0 Å². The van der Waals surface area contributed by atoms with Crippen LogP contribution in [0.1, 0.15) is 22.8 Å². The number of phenols is 5. The van der Waals surface area contributed by atoms with Crippen molar-refractivity contribution in [2.75, 3.05) is 6.61 Å². The van der Waals surface area contributed by atoms with Gasteiger partial charge in [-0.05, 0) is 42.0 Å². The molecule has 1 fully saturated rings. The lowest BCUT2D eigenvalue weighted by Crippen LogP contribution is -2.59. The van der Waals surface area contributed by atoms with Gasteiger partial charge in [0.05, 0.1) is 5.56 Å². The van der Waals surface area contributed by atoms with Crippen molar-refractivity contribution < 1.29 is 64.6 Å². The highest BCUT2D eigenvalue weighted by Crippen LogP contribution is 2.44. The summed E-state index contributed by atoms with van der Waals surface area (Å²) in [4.78, 5) is 12.3. The highest BCUT2D eigenvalue weighted by atomic mass is 16.7. The number of carbonyl (C=O) groups is 1. The van der Waals surface area contributed by atoms with Crippen LogP contribution in [0.2, 0.25) is 0 Å². The fourth-order valence-corrected chi connectivity index (χ4v) is 4.53. The minimum atomic E-state index is -1.77. The number of hydrogen-bond acceptors (Lipinski definition) is 13. The molecule has 0 aromatic heterocycles. The summed E-state index contributed by atoms with van der Waals surface area (Å²) in [7, 11) is 0. The Bertz CT molecular complexity index is 1550. The molecule has 1 saturated heterocycles. The minimum Gasteiger partial charge on any atom is -0.508 e. The molecule has 13 heteroatoms. The number of aromatic hydroxyl groups is 5. The molecular formula is C30H28O13. The molecule has 8 N–H and O–H groups in total. The van der Waals surface area contributed by atoms with E-state index < -0.39 is 49.4 Å². The third-order valence-electron chi connectivity index (χ3n) is 6.81. The van der Waals surface area contributed by atoms with E-state index in [9.17, 15) is 45.6 Å². The number of aliphatic hydroxyl groups is 3. The van der Waals surface area contributed by atoms with Crippen molar-refractivity contribution in [2.45, 2.75) is 36.8 Å². The average molecular weight is 597 g/mol. The molecule has 2 aliphatic rings. The number of rotatable bonds is 7. The van der Waals surface area contributed by atoms with Crippen LogP contribution in [-0.2, 0) is 19.0 Å². The van der Waals surface area contributed by atoms with E-state index in [4.69, 9.17) is 18.9 Å². The maximum Gasteiger partial charge on any atom is 0.330 e. The zero-order valence-electron chi connectivity index (χ0n) is 22.2. The van der Waals surface area contributed by atoms with Gasteiger partial charge in [0.2, 0.25) is 6.29 Å². The molecule has 0 aliphatic carbocycles. The van der Waals surface area contributed by atoms with Gasteiger partial charge in [-0.3, -0.25) is 0 Å². The van der Waals surface area contributed by atoms with E-state index in [2.05, 4.69) is 0 Å². The zero-order valence-corrected chi connectivity index (χ0v) is 22.2. The Balaban J connectivity index is 1.33. The number of carbonyl (C=O) groups excluding carboxylic acids is 1. The van der Waals surface area contributed by atoms with Crippen LogP contribution in [0, 0.1) is 0 Å². The van der Waals surface area contributed by atoms with E-state index >= 15 is 0 Å². The molecule has 6 atom stereocenters. The Morgan fingerprint density at radius 3 is 2.28 bits per heavy atom. The second kappa shape index (κ2) is 12.1. The molecule has 0 bridgehead atoms. The molecule has 43 heavy (non-hydrogen) atoms. The first-order valence-electron chi connectivity index (χ1n) is 13.0. The molecule has 13 nitrogen and oxygen atoms in total. The highest BCUT2D eigenvalue weighted by molar-refractivity contribution is 5.87. The zero-order chi connectivity index (χ0) is 30.8. The molecule has 0 radical (unpaired) electrons. The van der Waals surface area contributed by atoms with Crippen molar-refractivity contribution >= 4 is 18.1 Å². The Kier molecular flexibility index (Phi) is 8.32. The summed E-state index contributed by atoms with van der Waals surface area (Å²) in [6.07, 6.45) is -5.42. The maximum atomic E-state index is 12.3. The standard InChI is InChI=1S/C30H28O13/c31-16-5-3-15(4-6-16)29-23(12-18-20(34)10-17(32)11-22(18)41-29)42-30-28(39)27(38)26(37)24(43-30)13-40-25(36)8-2-14-1-7-19(33)21(35)9-14/h1-12,24,26-35,37-39H,13H2/b8-2+/t24-,26+,27+,28-,29?,30+/m0/s1. The average Bonchev–Trinajstić information content (AvgIpc) is 2.97. The van der Waals surface area contributed by atoms with Crippen LogP contribution in [0.5, 0.6) is 34.5 Å². The number of fused-ring (bicyclic) bond motifs is 1. The first kappa shape index (κ1) is 29.5. The van der Waals surface area contributed by atoms with Gasteiger partial charge >= 0.3 is 5.97 Å². The van der Waals surface area contributed by atoms with E-state index in [1.807, 2.05) is 0 Å². The van der Waals surface area contributed by atoms with Crippen molar-refractivity contribution in [2.24, 2.45) is 0 Å². The van der Waals surface area contributed by atoms with Gasteiger partial charge in [0.15, 0.2) is 17.6 Å². The van der Waals surface area contributed by atoms with Crippen LogP contribution in [-0.4, -0.2) is 84.1 Å². The summed E-state index contributed by atoms with van der Waals surface area (Å²) in [5.41, 5.74) is 1.01. The summed E-state index contributed by atoms with van der Waals surface area (Å²) in [5, 5.41) is 80.7. The van der Waals surface area contributed by atoms with Gasteiger partial charge in [0, 0.05) is 23.8 Å². The summed E-state index contributed by atoms with van der Waals surface area (Å²) in [6.45, 7) is -0.547. The lowest BCUT2D eigenvalue weighted by molar-refractivity contribution is -0.294. The van der Waals surface area contributed by atoms with Gasteiger partial charge in [-0.1, -0.05) is 18.2 Å². The molecule has 2 aliphatic heterocycles. The Hall–Kier alpha value is -4.95. The van der Waals surface area contributed by atoms with Crippen molar-refractivity contribution in [1.82, 2.24) is 0 Å². The third kappa shape index (κ3) is 6.44. The molecule has 0 amide bonds. The van der Waals surface area contributed by atoms with Crippen LogP contribution in [0.25, 0.3) is 12.2 Å². The van der Waals surface area contributed by atoms with E-state index in [0.29, 0.717) is 11.1 Å². The third-order valence-corrected chi connectivity index (χ3v) is 6.81.